The summed E-state index contributed by atoms with van der Waals surface area (Å²) in [5.41, 5.74) is -0.656. The molecule has 0 radical (unpaired) electrons. The smallest absolute Gasteiger partial charge is 0.227 e. The van der Waals surface area contributed by atoms with Gasteiger partial charge in [0.05, 0.1) is 31.6 Å². The van der Waals surface area contributed by atoms with E-state index >= 15 is 0 Å². The Hall–Kier alpha value is -1.47. The minimum Gasteiger partial charge on any atom is -0.387 e. The van der Waals surface area contributed by atoms with Gasteiger partial charge in [0.2, 0.25) is 5.95 Å². The van der Waals surface area contributed by atoms with E-state index in [0.717, 1.165) is 12.8 Å². The van der Waals surface area contributed by atoms with Crippen LogP contribution in [0.15, 0.2) is 6.20 Å². The number of aromatic nitrogens is 2. The van der Waals surface area contributed by atoms with Crippen LogP contribution in [0.3, 0.4) is 0 Å². The van der Waals surface area contributed by atoms with Crippen molar-refractivity contribution in [2.75, 3.05) is 49.2 Å². The van der Waals surface area contributed by atoms with E-state index in [1.165, 1.54) is 6.20 Å². The number of hydrogen-bond acceptors (Lipinski definition) is 6. The zero-order valence-corrected chi connectivity index (χ0v) is 13.4. The molecule has 1 saturated carbocycles. The molecule has 0 bridgehead atoms. The van der Waals surface area contributed by atoms with Crippen molar-refractivity contribution in [2.45, 2.75) is 25.4 Å². The predicted molar refractivity (Wildman–Crippen MR) is 84.1 cm³/mol. The van der Waals surface area contributed by atoms with Crippen LogP contribution in [0, 0.1) is 17.7 Å². The maximum atomic E-state index is 14.1. The molecule has 3 fully saturated rings. The number of rotatable bonds is 3. The van der Waals surface area contributed by atoms with Crippen LogP contribution < -0.4 is 9.80 Å². The van der Waals surface area contributed by atoms with Gasteiger partial charge in [0.15, 0.2) is 11.6 Å². The lowest BCUT2D eigenvalue weighted by molar-refractivity contribution is 0.00279. The Bertz CT molecular complexity index is 591. The summed E-state index contributed by atoms with van der Waals surface area (Å²) < 4.78 is 19.4. The van der Waals surface area contributed by atoms with E-state index in [-0.39, 0.29) is 5.92 Å². The third-order valence-electron chi connectivity index (χ3n) is 5.38. The van der Waals surface area contributed by atoms with Crippen LogP contribution in [0.5, 0.6) is 0 Å². The van der Waals surface area contributed by atoms with Gasteiger partial charge in [-0.25, -0.2) is 9.37 Å². The Morgan fingerprint density at radius 3 is 2.74 bits per heavy atom. The quantitative estimate of drug-likeness (QED) is 0.897. The number of hydrogen-bond donors (Lipinski definition) is 1. The zero-order valence-electron chi connectivity index (χ0n) is 13.4. The van der Waals surface area contributed by atoms with Gasteiger partial charge in [-0.15, -0.1) is 0 Å². The first kappa shape index (κ1) is 15.1. The Labute approximate surface area is 135 Å². The van der Waals surface area contributed by atoms with Crippen LogP contribution in [-0.2, 0) is 4.74 Å². The van der Waals surface area contributed by atoms with E-state index in [1.807, 2.05) is 9.80 Å². The molecular weight excluding hydrogens is 299 g/mol. The van der Waals surface area contributed by atoms with Gasteiger partial charge in [0, 0.05) is 25.6 Å². The maximum absolute atomic E-state index is 14.1. The summed E-state index contributed by atoms with van der Waals surface area (Å²) in [4.78, 5) is 12.5. The van der Waals surface area contributed by atoms with E-state index in [2.05, 4.69) is 16.9 Å². The highest BCUT2D eigenvalue weighted by Crippen LogP contribution is 2.47. The summed E-state index contributed by atoms with van der Waals surface area (Å²) in [6.45, 7) is 5.76. The molecule has 1 aromatic rings. The fourth-order valence-electron chi connectivity index (χ4n) is 3.78. The fraction of sp³-hybridized carbons (Fsp3) is 0.750. The largest absolute Gasteiger partial charge is 0.387 e. The predicted octanol–water partition coefficient (Wildman–Crippen LogP) is 1.05. The van der Waals surface area contributed by atoms with Gasteiger partial charge < -0.3 is 19.6 Å². The van der Waals surface area contributed by atoms with Crippen LogP contribution in [0.1, 0.15) is 19.8 Å². The van der Waals surface area contributed by atoms with Gasteiger partial charge in [-0.1, -0.05) is 6.92 Å². The Kier molecular flexibility index (Phi) is 3.65. The number of halogens is 1. The number of β-amino-alcohol motifs (C(OH)–C–C–N with tert-alkyl or cyclic N) is 1. The lowest BCUT2D eigenvalue weighted by Crippen LogP contribution is -2.40. The standard InChI is InChI=1S/C16H23FN4O2/c1-11-9-21(10-16(11,22)12-2-3-12)15-18-8-13(17)14(19-15)20-4-6-23-7-5-20/h8,11-12,22H,2-7,9-10H2,1H3/t11-,16+/m1/s1. The van der Waals surface area contributed by atoms with E-state index in [1.54, 1.807) is 0 Å². The molecule has 23 heavy (non-hydrogen) atoms. The van der Waals surface area contributed by atoms with Gasteiger partial charge in [-0.2, -0.15) is 4.98 Å². The fourth-order valence-corrected chi connectivity index (χ4v) is 3.78. The molecule has 6 nitrogen and oxygen atoms in total. The average Bonchev–Trinajstić information content (AvgIpc) is 3.36. The molecule has 4 rings (SSSR count). The molecule has 2 saturated heterocycles. The summed E-state index contributed by atoms with van der Waals surface area (Å²) in [6, 6.07) is 0. The lowest BCUT2D eigenvalue weighted by atomic mass is 9.88. The van der Waals surface area contributed by atoms with Crippen LogP contribution in [-0.4, -0.2) is 60.1 Å². The van der Waals surface area contributed by atoms with Gasteiger partial charge in [0.25, 0.3) is 0 Å². The summed E-state index contributed by atoms with van der Waals surface area (Å²) in [6.07, 6.45) is 3.43. The number of nitrogens with zero attached hydrogens (tertiary/aromatic N) is 4. The van der Waals surface area contributed by atoms with Gasteiger partial charge in [-0.3, -0.25) is 0 Å². The molecule has 2 atom stereocenters. The van der Waals surface area contributed by atoms with Gasteiger partial charge in [0.1, 0.15) is 0 Å². The van der Waals surface area contributed by atoms with Crippen molar-refractivity contribution in [1.82, 2.24) is 9.97 Å². The molecule has 3 aliphatic rings. The van der Waals surface area contributed by atoms with Gasteiger partial charge >= 0.3 is 0 Å². The molecule has 0 amide bonds. The van der Waals surface area contributed by atoms with E-state index < -0.39 is 11.4 Å². The number of anilines is 2. The number of aliphatic hydroxyl groups is 1. The van der Waals surface area contributed by atoms with E-state index in [0.29, 0.717) is 57.1 Å². The molecule has 1 N–H and O–H groups in total. The van der Waals surface area contributed by atoms with Crippen molar-refractivity contribution in [1.29, 1.82) is 0 Å². The second-order valence-electron chi connectivity index (χ2n) is 6.99. The van der Waals surface area contributed by atoms with E-state index in [9.17, 15) is 9.50 Å². The Morgan fingerprint density at radius 1 is 1.30 bits per heavy atom. The zero-order chi connectivity index (χ0) is 16.0. The molecule has 1 aliphatic carbocycles. The first-order valence-corrected chi connectivity index (χ1v) is 8.40. The summed E-state index contributed by atoms with van der Waals surface area (Å²) in [7, 11) is 0. The normalized spacial score (nSPS) is 31.7. The molecule has 126 valence electrons. The monoisotopic (exact) mass is 322 g/mol. The average molecular weight is 322 g/mol. The highest BCUT2D eigenvalue weighted by atomic mass is 19.1. The van der Waals surface area contributed by atoms with Crippen molar-refractivity contribution in [3.8, 4) is 0 Å². The highest BCUT2D eigenvalue weighted by Gasteiger charge is 2.53. The van der Waals surface area contributed by atoms with Gasteiger partial charge in [-0.05, 0) is 18.8 Å². The number of ether oxygens (including phenoxy) is 1. The van der Waals surface area contributed by atoms with Crippen LogP contribution in [0.2, 0.25) is 0 Å². The number of morpholine rings is 1. The van der Waals surface area contributed by atoms with Crippen molar-refractivity contribution >= 4 is 11.8 Å². The summed E-state index contributed by atoms with van der Waals surface area (Å²) in [5, 5.41) is 10.9. The minimum atomic E-state index is -0.656. The minimum absolute atomic E-state index is 0.176. The highest BCUT2D eigenvalue weighted by molar-refractivity contribution is 5.46. The van der Waals surface area contributed by atoms with E-state index in [4.69, 9.17) is 4.74 Å². The van der Waals surface area contributed by atoms with Crippen molar-refractivity contribution in [3.63, 3.8) is 0 Å². The van der Waals surface area contributed by atoms with Crippen LogP contribution in [0.4, 0.5) is 16.2 Å². The SMILES string of the molecule is C[C@@H]1CN(c2ncc(F)c(N3CCOCC3)n2)C[C@@]1(O)C1CC1. The van der Waals surface area contributed by atoms with Crippen LogP contribution in [0.25, 0.3) is 0 Å². The second-order valence-corrected chi connectivity index (χ2v) is 6.99. The Morgan fingerprint density at radius 2 is 2.04 bits per heavy atom. The second kappa shape index (κ2) is 5.56. The summed E-state index contributed by atoms with van der Waals surface area (Å²) in [5.74, 6) is 1.02. The molecule has 7 heteroatoms. The first-order chi connectivity index (χ1) is 11.1. The van der Waals surface area contributed by atoms with Crippen LogP contribution >= 0.6 is 0 Å². The molecule has 2 aliphatic heterocycles. The summed E-state index contributed by atoms with van der Waals surface area (Å²) >= 11 is 0. The Balaban J connectivity index is 1.57. The molecular formula is C16H23FN4O2. The molecule has 3 heterocycles. The lowest BCUT2D eigenvalue weighted by Gasteiger charge is -2.29. The molecule has 0 unspecified atom stereocenters. The van der Waals surface area contributed by atoms with Crippen molar-refractivity contribution < 1.29 is 14.2 Å². The first-order valence-electron chi connectivity index (χ1n) is 8.40. The topological polar surface area (TPSA) is 61.7 Å². The third-order valence-corrected chi connectivity index (χ3v) is 5.38. The van der Waals surface area contributed by atoms with Crippen molar-refractivity contribution in [3.05, 3.63) is 12.0 Å². The van der Waals surface area contributed by atoms with Crippen molar-refractivity contribution in [2.24, 2.45) is 11.8 Å². The molecule has 0 spiro atoms. The maximum Gasteiger partial charge on any atom is 0.227 e. The molecule has 1 aromatic heterocycles. The third kappa shape index (κ3) is 2.65. The molecule has 0 aromatic carbocycles.